The lowest BCUT2D eigenvalue weighted by Crippen LogP contribution is -2.20. The minimum Gasteiger partial charge on any atom is -0.497 e. The number of aromatic nitrogens is 3. The van der Waals surface area contributed by atoms with Gasteiger partial charge in [-0.05, 0) is 35.2 Å². The molecule has 1 N–H and O–H groups in total. The number of ether oxygens (including phenoxy) is 1. The van der Waals surface area contributed by atoms with Crippen LogP contribution in [0.2, 0.25) is 0 Å². The smallest absolute Gasteiger partial charge is 0.270 e. The Morgan fingerprint density at radius 1 is 1.10 bits per heavy atom. The Morgan fingerprint density at radius 2 is 1.82 bits per heavy atom. The summed E-state index contributed by atoms with van der Waals surface area (Å²) in [6.45, 7) is 6.49. The summed E-state index contributed by atoms with van der Waals surface area (Å²) in [5.74, 6) is 1.04. The van der Waals surface area contributed by atoms with Crippen LogP contribution in [-0.4, -0.2) is 44.7 Å². The van der Waals surface area contributed by atoms with Crippen molar-refractivity contribution in [1.82, 2.24) is 20.2 Å². The van der Waals surface area contributed by atoms with Gasteiger partial charge in [0.05, 0.1) is 24.0 Å². The number of rotatable bonds is 9. The maximum Gasteiger partial charge on any atom is 0.270 e. The highest BCUT2D eigenvalue weighted by atomic mass is 32.2. The first-order valence-electron chi connectivity index (χ1n) is 12.1. The van der Waals surface area contributed by atoms with Crippen LogP contribution in [0.4, 0.5) is 5.69 Å². The molecule has 0 bridgehead atoms. The number of amides is 1. The average Bonchev–Trinajstić information content (AvgIpc) is 3.35. The lowest BCUT2D eigenvalue weighted by Gasteiger charge is -2.19. The molecule has 0 atom stereocenters. The molecule has 0 saturated heterocycles. The Labute approximate surface area is 230 Å². The number of nitro groups is 1. The third kappa shape index (κ3) is 6.88. The van der Waals surface area contributed by atoms with Crippen molar-refractivity contribution in [2.75, 3.05) is 12.9 Å². The lowest BCUT2D eigenvalue weighted by atomic mass is 9.87. The molecular weight excluding hydrogens is 516 g/mol. The molecule has 0 unspecified atom stereocenters. The summed E-state index contributed by atoms with van der Waals surface area (Å²) < 4.78 is 7.20. The SMILES string of the molecule is COc1ccc(-n2c(SCC(=O)NN=Cc3cccc([N+](=O)[O-])c3)nnc2-c2ccc(C(C)(C)C)cc2)cc1. The summed E-state index contributed by atoms with van der Waals surface area (Å²) in [6, 6.07) is 21.7. The van der Waals surface area contributed by atoms with Crippen molar-refractivity contribution in [1.29, 1.82) is 0 Å². The second-order valence-electron chi connectivity index (χ2n) is 9.60. The predicted octanol–water partition coefficient (Wildman–Crippen LogP) is 5.39. The van der Waals surface area contributed by atoms with Gasteiger partial charge in [-0.2, -0.15) is 5.10 Å². The summed E-state index contributed by atoms with van der Waals surface area (Å²) in [6.07, 6.45) is 1.36. The van der Waals surface area contributed by atoms with Gasteiger partial charge in [0.25, 0.3) is 11.6 Å². The van der Waals surface area contributed by atoms with Gasteiger partial charge in [0.1, 0.15) is 5.75 Å². The normalized spacial score (nSPS) is 11.5. The van der Waals surface area contributed by atoms with Gasteiger partial charge in [0.2, 0.25) is 0 Å². The average molecular weight is 545 g/mol. The van der Waals surface area contributed by atoms with Crippen LogP contribution in [-0.2, 0) is 10.2 Å². The van der Waals surface area contributed by atoms with Crippen molar-refractivity contribution in [2.45, 2.75) is 31.3 Å². The summed E-state index contributed by atoms with van der Waals surface area (Å²) in [5.41, 5.74) is 5.84. The number of thioether (sulfide) groups is 1. The fourth-order valence-corrected chi connectivity index (χ4v) is 4.44. The molecule has 10 nitrogen and oxygen atoms in total. The fourth-order valence-electron chi connectivity index (χ4n) is 3.69. The van der Waals surface area contributed by atoms with Gasteiger partial charge in [-0.1, -0.05) is 68.9 Å². The van der Waals surface area contributed by atoms with E-state index in [-0.39, 0.29) is 22.8 Å². The predicted molar refractivity (Wildman–Crippen MR) is 152 cm³/mol. The largest absolute Gasteiger partial charge is 0.497 e. The van der Waals surface area contributed by atoms with E-state index in [1.165, 1.54) is 35.7 Å². The maximum atomic E-state index is 12.5. The zero-order valence-corrected chi connectivity index (χ0v) is 22.8. The van der Waals surface area contributed by atoms with E-state index in [0.29, 0.717) is 16.5 Å². The molecule has 4 aromatic rings. The molecule has 0 aliphatic heterocycles. The maximum absolute atomic E-state index is 12.5. The summed E-state index contributed by atoms with van der Waals surface area (Å²) in [5, 5.41) is 24.2. The molecule has 3 aromatic carbocycles. The van der Waals surface area contributed by atoms with Crippen molar-refractivity contribution < 1.29 is 14.5 Å². The standard InChI is InChI=1S/C28H28N6O4S/c1-28(2,3)21-10-8-20(9-11-21)26-31-32-27(33(26)22-12-14-24(38-4)15-13-22)39-18-25(35)30-29-17-19-6-5-7-23(16-19)34(36)37/h5-17H,18H2,1-4H3,(H,30,35). The number of nitrogens with one attached hydrogen (secondary N) is 1. The van der Waals surface area contributed by atoms with Gasteiger partial charge in [0, 0.05) is 28.9 Å². The molecule has 1 heterocycles. The van der Waals surface area contributed by atoms with Crippen LogP contribution < -0.4 is 10.2 Å². The fraction of sp³-hybridized carbons (Fsp3) is 0.214. The molecular formula is C28H28N6O4S. The zero-order valence-electron chi connectivity index (χ0n) is 22.0. The van der Waals surface area contributed by atoms with Crippen LogP contribution in [0.15, 0.2) is 83.1 Å². The van der Waals surface area contributed by atoms with E-state index in [2.05, 4.69) is 53.6 Å². The molecule has 1 aromatic heterocycles. The highest BCUT2D eigenvalue weighted by molar-refractivity contribution is 7.99. The first kappa shape index (κ1) is 27.5. The van der Waals surface area contributed by atoms with Gasteiger partial charge in [-0.15, -0.1) is 10.2 Å². The molecule has 200 valence electrons. The molecule has 0 saturated carbocycles. The third-order valence-corrected chi connectivity index (χ3v) is 6.72. The molecule has 0 fully saturated rings. The Balaban J connectivity index is 1.53. The number of hydrogen-bond acceptors (Lipinski definition) is 8. The van der Waals surface area contributed by atoms with Crippen LogP contribution >= 0.6 is 11.8 Å². The number of benzene rings is 3. The monoisotopic (exact) mass is 544 g/mol. The number of methoxy groups -OCH3 is 1. The Hall–Kier alpha value is -4.51. The van der Waals surface area contributed by atoms with Crippen molar-refractivity contribution in [2.24, 2.45) is 5.10 Å². The van der Waals surface area contributed by atoms with E-state index in [1.54, 1.807) is 19.2 Å². The summed E-state index contributed by atoms with van der Waals surface area (Å²) >= 11 is 1.22. The van der Waals surface area contributed by atoms with Crippen molar-refractivity contribution >= 4 is 29.6 Å². The van der Waals surface area contributed by atoms with Crippen LogP contribution in [0.3, 0.4) is 0 Å². The van der Waals surface area contributed by atoms with Gasteiger partial charge >= 0.3 is 0 Å². The van der Waals surface area contributed by atoms with E-state index >= 15 is 0 Å². The molecule has 0 aliphatic carbocycles. The molecule has 4 rings (SSSR count). The molecule has 1 amide bonds. The highest BCUT2D eigenvalue weighted by Crippen LogP contribution is 2.30. The van der Waals surface area contributed by atoms with E-state index in [9.17, 15) is 14.9 Å². The number of carbonyl (C=O) groups is 1. The van der Waals surface area contributed by atoms with Crippen molar-refractivity contribution in [3.63, 3.8) is 0 Å². The number of nitrogens with zero attached hydrogens (tertiary/aromatic N) is 5. The van der Waals surface area contributed by atoms with E-state index < -0.39 is 4.92 Å². The minimum absolute atomic E-state index is 0.0221. The van der Waals surface area contributed by atoms with Gasteiger partial charge in [-0.25, -0.2) is 5.43 Å². The lowest BCUT2D eigenvalue weighted by molar-refractivity contribution is -0.384. The topological polar surface area (TPSA) is 125 Å². The van der Waals surface area contributed by atoms with Crippen LogP contribution in [0.1, 0.15) is 31.9 Å². The highest BCUT2D eigenvalue weighted by Gasteiger charge is 2.19. The molecule has 0 aliphatic rings. The Morgan fingerprint density at radius 3 is 2.46 bits per heavy atom. The van der Waals surface area contributed by atoms with Crippen LogP contribution in [0, 0.1) is 10.1 Å². The third-order valence-electron chi connectivity index (χ3n) is 5.79. The van der Waals surface area contributed by atoms with E-state index in [4.69, 9.17) is 4.74 Å². The molecule has 11 heteroatoms. The second-order valence-corrected chi connectivity index (χ2v) is 10.5. The molecule has 39 heavy (non-hydrogen) atoms. The number of hydrogen-bond donors (Lipinski definition) is 1. The van der Waals surface area contributed by atoms with Crippen LogP contribution in [0.5, 0.6) is 5.75 Å². The summed E-state index contributed by atoms with van der Waals surface area (Å²) in [7, 11) is 1.61. The zero-order chi connectivity index (χ0) is 28.0. The summed E-state index contributed by atoms with van der Waals surface area (Å²) in [4.78, 5) is 22.9. The van der Waals surface area contributed by atoms with Crippen LogP contribution in [0.25, 0.3) is 17.1 Å². The quantitative estimate of drug-likeness (QED) is 0.130. The van der Waals surface area contributed by atoms with Gasteiger partial charge in [0.15, 0.2) is 11.0 Å². The van der Waals surface area contributed by atoms with Crippen molar-refractivity contribution in [3.8, 4) is 22.8 Å². The number of hydrazone groups is 1. The number of carbonyl (C=O) groups excluding carboxylic acids is 1. The number of nitro benzene ring substituents is 1. The Bertz CT molecular complexity index is 1490. The first-order valence-corrected chi connectivity index (χ1v) is 13.0. The van der Waals surface area contributed by atoms with Crippen molar-refractivity contribution in [3.05, 3.63) is 94.0 Å². The second kappa shape index (κ2) is 11.9. The Kier molecular flexibility index (Phi) is 8.40. The van der Waals surface area contributed by atoms with Gasteiger partial charge < -0.3 is 4.74 Å². The number of non-ortho nitro benzene ring substituents is 1. The van der Waals surface area contributed by atoms with E-state index in [0.717, 1.165) is 17.0 Å². The van der Waals surface area contributed by atoms with Gasteiger partial charge in [-0.3, -0.25) is 19.5 Å². The molecule has 0 spiro atoms. The first-order chi connectivity index (χ1) is 18.7. The van der Waals surface area contributed by atoms with E-state index in [1.807, 2.05) is 41.0 Å². The molecule has 0 radical (unpaired) electrons. The minimum atomic E-state index is -0.487.